The minimum atomic E-state index is 0.120. The van der Waals surface area contributed by atoms with Gasteiger partial charge in [-0.2, -0.15) is 5.10 Å². The highest BCUT2D eigenvalue weighted by atomic mass is 16.3. The van der Waals surface area contributed by atoms with Gasteiger partial charge in [0.2, 0.25) is 0 Å². The molecular weight excluding hydrogens is 404 g/mol. The third-order valence-electron chi connectivity index (χ3n) is 6.10. The lowest BCUT2D eigenvalue weighted by atomic mass is 10.1. The number of piperazine rings is 1. The van der Waals surface area contributed by atoms with E-state index in [2.05, 4.69) is 53.0 Å². The molecule has 3 N–H and O–H groups in total. The van der Waals surface area contributed by atoms with E-state index in [-0.39, 0.29) is 5.75 Å². The van der Waals surface area contributed by atoms with Gasteiger partial charge in [0, 0.05) is 60.5 Å². The fourth-order valence-electron chi connectivity index (χ4n) is 4.32. The Morgan fingerprint density at radius 1 is 0.875 bits per heavy atom. The van der Waals surface area contributed by atoms with Gasteiger partial charge in [-0.05, 0) is 25.2 Å². The molecular formula is C23H22N8O. The Bertz CT molecular complexity index is 1430. The predicted molar refractivity (Wildman–Crippen MR) is 124 cm³/mol. The van der Waals surface area contributed by atoms with Crippen LogP contribution in [0.5, 0.6) is 5.75 Å². The second-order valence-corrected chi connectivity index (χ2v) is 8.22. The quantitative estimate of drug-likeness (QED) is 0.407. The first-order valence-electron chi connectivity index (χ1n) is 10.5. The van der Waals surface area contributed by atoms with Crippen molar-refractivity contribution in [2.45, 2.75) is 0 Å². The van der Waals surface area contributed by atoms with Crippen LogP contribution in [0.4, 0.5) is 5.69 Å². The normalized spacial score (nSPS) is 15.1. The van der Waals surface area contributed by atoms with E-state index in [1.54, 1.807) is 18.5 Å². The summed E-state index contributed by atoms with van der Waals surface area (Å²) in [6.07, 6.45) is 8.67. The van der Waals surface area contributed by atoms with Crippen molar-refractivity contribution in [2.24, 2.45) is 0 Å². The van der Waals surface area contributed by atoms with Gasteiger partial charge in [0.15, 0.2) is 5.65 Å². The monoisotopic (exact) mass is 426 g/mol. The summed E-state index contributed by atoms with van der Waals surface area (Å²) in [4.78, 5) is 21.3. The average Bonchev–Trinajstić information content (AvgIpc) is 3.43. The number of H-pyrrole nitrogens is 2. The lowest BCUT2D eigenvalue weighted by Crippen LogP contribution is -2.44. The lowest BCUT2D eigenvalue weighted by Gasteiger charge is -2.34. The van der Waals surface area contributed by atoms with Crippen LogP contribution in [0.1, 0.15) is 0 Å². The molecule has 5 aromatic heterocycles. The first-order chi connectivity index (χ1) is 15.7. The van der Waals surface area contributed by atoms with Crippen LogP contribution in [0.25, 0.3) is 44.5 Å². The molecule has 0 spiro atoms. The number of pyridine rings is 3. The second kappa shape index (κ2) is 7.31. The van der Waals surface area contributed by atoms with Crippen LogP contribution in [0.2, 0.25) is 0 Å². The first-order valence-corrected chi connectivity index (χ1v) is 10.5. The van der Waals surface area contributed by atoms with E-state index in [1.165, 1.54) is 6.20 Å². The Morgan fingerprint density at radius 3 is 2.53 bits per heavy atom. The van der Waals surface area contributed by atoms with Gasteiger partial charge in [-0.15, -0.1) is 0 Å². The molecule has 9 nitrogen and oxygen atoms in total. The number of aromatic nitrogens is 6. The highest BCUT2D eigenvalue weighted by Crippen LogP contribution is 2.34. The Balaban J connectivity index is 1.44. The van der Waals surface area contributed by atoms with E-state index in [0.29, 0.717) is 5.65 Å². The fourth-order valence-corrected chi connectivity index (χ4v) is 4.32. The van der Waals surface area contributed by atoms with Gasteiger partial charge < -0.3 is 19.9 Å². The molecule has 0 saturated carbocycles. The van der Waals surface area contributed by atoms with Gasteiger partial charge in [-0.25, -0.2) is 4.98 Å². The Hall–Kier alpha value is -3.98. The smallest absolute Gasteiger partial charge is 0.155 e. The first kappa shape index (κ1) is 18.8. The molecule has 0 bridgehead atoms. The summed E-state index contributed by atoms with van der Waals surface area (Å²) < 4.78 is 0. The zero-order chi connectivity index (χ0) is 21.7. The summed E-state index contributed by atoms with van der Waals surface area (Å²) >= 11 is 0. The van der Waals surface area contributed by atoms with Crippen molar-refractivity contribution >= 4 is 27.6 Å². The third-order valence-corrected chi connectivity index (χ3v) is 6.10. The summed E-state index contributed by atoms with van der Waals surface area (Å²) in [5, 5.41) is 19.4. The second-order valence-electron chi connectivity index (χ2n) is 8.22. The van der Waals surface area contributed by atoms with Crippen LogP contribution in [-0.2, 0) is 0 Å². The van der Waals surface area contributed by atoms with E-state index < -0.39 is 0 Å². The molecule has 1 aliphatic heterocycles. The third kappa shape index (κ3) is 3.14. The van der Waals surface area contributed by atoms with Crippen LogP contribution < -0.4 is 4.90 Å². The van der Waals surface area contributed by atoms with Crippen molar-refractivity contribution in [2.75, 3.05) is 38.1 Å². The van der Waals surface area contributed by atoms with Crippen molar-refractivity contribution in [3.8, 4) is 28.3 Å². The van der Waals surface area contributed by atoms with Crippen molar-refractivity contribution in [3.05, 3.63) is 49.2 Å². The van der Waals surface area contributed by atoms with Crippen LogP contribution in [0, 0.1) is 0 Å². The maximum absolute atomic E-state index is 9.79. The summed E-state index contributed by atoms with van der Waals surface area (Å²) in [7, 11) is 2.16. The molecule has 0 amide bonds. The summed E-state index contributed by atoms with van der Waals surface area (Å²) in [5.41, 5.74) is 6.18. The van der Waals surface area contributed by atoms with Crippen LogP contribution >= 0.6 is 0 Å². The molecule has 0 atom stereocenters. The van der Waals surface area contributed by atoms with Crippen molar-refractivity contribution < 1.29 is 5.11 Å². The molecule has 1 saturated heterocycles. The number of hydrogen-bond donors (Lipinski definition) is 3. The number of likely N-dealkylation sites (N-methyl/N-ethyl adjacent to an activating group) is 1. The number of anilines is 1. The van der Waals surface area contributed by atoms with Gasteiger partial charge in [-0.3, -0.25) is 15.1 Å². The van der Waals surface area contributed by atoms with Gasteiger partial charge >= 0.3 is 0 Å². The molecule has 6 rings (SSSR count). The van der Waals surface area contributed by atoms with E-state index in [0.717, 1.165) is 70.7 Å². The number of nitrogens with one attached hydrogen (secondary N) is 2. The topological polar surface area (TPSA) is 110 Å². The zero-order valence-electron chi connectivity index (χ0n) is 17.6. The minimum Gasteiger partial charge on any atom is -0.506 e. The lowest BCUT2D eigenvalue weighted by molar-refractivity contribution is 0.313. The molecule has 6 heterocycles. The number of hydrogen-bond acceptors (Lipinski definition) is 7. The number of rotatable bonds is 3. The molecule has 0 radical (unpaired) electrons. The summed E-state index contributed by atoms with van der Waals surface area (Å²) in [6, 6.07) is 5.83. The summed E-state index contributed by atoms with van der Waals surface area (Å²) in [6.45, 7) is 4.04. The fraction of sp³-hybridized carbons (Fsp3) is 0.217. The van der Waals surface area contributed by atoms with Gasteiger partial charge in [0.1, 0.15) is 11.4 Å². The number of aromatic hydroxyl groups is 1. The van der Waals surface area contributed by atoms with Crippen molar-refractivity contribution in [1.29, 1.82) is 0 Å². The van der Waals surface area contributed by atoms with Crippen LogP contribution in [0.3, 0.4) is 0 Å². The molecule has 1 fully saturated rings. The Kier molecular flexibility index (Phi) is 4.29. The van der Waals surface area contributed by atoms with E-state index in [1.807, 2.05) is 18.5 Å². The molecule has 160 valence electrons. The Labute approximate surface area is 183 Å². The maximum Gasteiger partial charge on any atom is 0.155 e. The van der Waals surface area contributed by atoms with E-state index in [9.17, 15) is 5.11 Å². The largest absolute Gasteiger partial charge is 0.506 e. The van der Waals surface area contributed by atoms with Crippen molar-refractivity contribution in [3.63, 3.8) is 0 Å². The van der Waals surface area contributed by atoms with Crippen LogP contribution in [0.15, 0.2) is 49.2 Å². The molecule has 9 heteroatoms. The highest BCUT2D eigenvalue weighted by molar-refractivity contribution is 5.99. The van der Waals surface area contributed by atoms with Gasteiger partial charge in [0.05, 0.1) is 35.5 Å². The number of fused-ring (bicyclic) bond motifs is 2. The maximum atomic E-state index is 9.79. The number of nitrogens with zero attached hydrogens (tertiary/aromatic N) is 6. The minimum absolute atomic E-state index is 0.120. The predicted octanol–water partition coefficient (Wildman–Crippen LogP) is 3.02. The van der Waals surface area contributed by atoms with E-state index >= 15 is 0 Å². The van der Waals surface area contributed by atoms with Gasteiger partial charge in [0.25, 0.3) is 0 Å². The SMILES string of the molecule is CN1CCN(c2cncc3[nH]c(-c4n[nH]c5ncc(-c6cncc(O)c6)cc45)cc23)CC1. The molecule has 1 aliphatic rings. The molecule has 0 unspecified atom stereocenters. The molecule has 0 aromatic carbocycles. The average molecular weight is 426 g/mol. The zero-order valence-corrected chi connectivity index (χ0v) is 17.6. The number of aromatic amines is 2. The summed E-state index contributed by atoms with van der Waals surface area (Å²) in [5.74, 6) is 0.120. The van der Waals surface area contributed by atoms with Crippen molar-refractivity contribution in [1.82, 2.24) is 35.0 Å². The standard InChI is InChI=1S/C23H22N8O/c1-30-2-4-31(5-3-30)21-13-25-12-20-17(21)8-19(27-20)22-18-7-15(10-26-23(18)29-28-22)14-6-16(32)11-24-9-14/h6-13,27,32H,2-5H2,1H3,(H,26,28,29). The molecule has 5 aromatic rings. The van der Waals surface area contributed by atoms with E-state index in [4.69, 9.17) is 0 Å². The highest BCUT2D eigenvalue weighted by Gasteiger charge is 2.19. The molecule has 0 aliphatic carbocycles. The van der Waals surface area contributed by atoms with Crippen LogP contribution in [-0.4, -0.2) is 73.4 Å². The Morgan fingerprint density at radius 2 is 1.69 bits per heavy atom. The molecule has 32 heavy (non-hydrogen) atoms. The van der Waals surface area contributed by atoms with Gasteiger partial charge in [-0.1, -0.05) is 0 Å².